The summed E-state index contributed by atoms with van der Waals surface area (Å²) >= 11 is 0. The van der Waals surface area contributed by atoms with E-state index >= 15 is 0 Å². The second-order valence-electron chi connectivity index (χ2n) is 7.90. The van der Waals surface area contributed by atoms with Gasteiger partial charge in [-0.1, -0.05) is 54.1 Å². The molecule has 0 amide bonds. The molecule has 134 valence electrons. The fraction of sp³-hybridized carbons (Fsp3) is 0.455. The van der Waals surface area contributed by atoms with Crippen LogP contribution in [-0.4, -0.2) is 28.2 Å². The Balaban J connectivity index is 1.78. The van der Waals surface area contributed by atoms with Gasteiger partial charge in [0.1, 0.15) is 0 Å². The van der Waals surface area contributed by atoms with Crippen LogP contribution in [0.2, 0.25) is 0 Å². The molecule has 3 heteroatoms. The van der Waals surface area contributed by atoms with Gasteiger partial charge in [0.25, 0.3) is 0 Å². The SMILES string of the molecule is Cc1ccc(C(C)(C)O)c(C2(O)CCN(Cc3ccccc3)CC2)c1. The lowest BCUT2D eigenvalue weighted by Crippen LogP contribution is -2.43. The molecule has 1 saturated heterocycles. The van der Waals surface area contributed by atoms with Gasteiger partial charge in [-0.15, -0.1) is 0 Å². The number of nitrogens with zero attached hydrogens (tertiary/aromatic N) is 1. The number of rotatable bonds is 4. The lowest BCUT2D eigenvalue weighted by molar-refractivity contribution is -0.0324. The van der Waals surface area contributed by atoms with Gasteiger partial charge in [0.05, 0.1) is 11.2 Å². The van der Waals surface area contributed by atoms with Gasteiger partial charge in [0.2, 0.25) is 0 Å². The Morgan fingerprint density at radius 2 is 1.68 bits per heavy atom. The molecule has 0 atom stereocenters. The molecule has 2 N–H and O–H groups in total. The maximum absolute atomic E-state index is 11.4. The first kappa shape index (κ1) is 18.1. The highest BCUT2D eigenvalue weighted by Gasteiger charge is 2.38. The molecule has 3 rings (SSSR count). The number of hydrogen-bond donors (Lipinski definition) is 2. The first-order valence-electron chi connectivity index (χ1n) is 9.11. The molecule has 3 nitrogen and oxygen atoms in total. The molecule has 0 aromatic heterocycles. The summed E-state index contributed by atoms with van der Waals surface area (Å²) in [7, 11) is 0. The van der Waals surface area contributed by atoms with Crippen molar-refractivity contribution >= 4 is 0 Å². The van der Waals surface area contributed by atoms with E-state index in [1.165, 1.54) is 5.56 Å². The van der Waals surface area contributed by atoms with Gasteiger partial charge in [-0.25, -0.2) is 0 Å². The van der Waals surface area contributed by atoms with Crippen LogP contribution in [0.5, 0.6) is 0 Å². The number of hydrogen-bond acceptors (Lipinski definition) is 3. The summed E-state index contributed by atoms with van der Waals surface area (Å²) in [6.45, 7) is 8.23. The Hall–Kier alpha value is -1.68. The third-order valence-electron chi connectivity index (χ3n) is 5.27. The second-order valence-corrected chi connectivity index (χ2v) is 7.90. The maximum atomic E-state index is 11.4. The molecular formula is C22H29NO2. The Kier molecular flexibility index (Phi) is 5.01. The summed E-state index contributed by atoms with van der Waals surface area (Å²) in [6.07, 6.45) is 1.37. The van der Waals surface area contributed by atoms with Gasteiger partial charge in [-0.05, 0) is 50.3 Å². The van der Waals surface area contributed by atoms with Crippen molar-refractivity contribution in [2.75, 3.05) is 13.1 Å². The molecule has 0 saturated carbocycles. The summed E-state index contributed by atoms with van der Waals surface area (Å²) in [5.41, 5.74) is 2.31. The summed E-state index contributed by atoms with van der Waals surface area (Å²) in [5.74, 6) is 0. The van der Waals surface area contributed by atoms with Crippen LogP contribution in [0.15, 0.2) is 48.5 Å². The average Bonchev–Trinajstić information content (AvgIpc) is 2.57. The summed E-state index contributed by atoms with van der Waals surface area (Å²) in [5, 5.41) is 21.9. The van der Waals surface area contributed by atoms with Crippen molar-refractivity contribution in [2.45, 2.75) is 51.4 Å². The molecule has 0 unspecified atom stereocenters. The lowest BCUT2D eigenvalue weighted by atomic mass is 9.78. The van der Waals surface area contributed by atoms with Gasteiger partial charge in [-0.2, -0.15) is 0 Å². The van der Waals surface area contributed by atoms with Crippen LogP contribution in [-0.2, 0) is 17.7 Å². The molecule has 0 aliphatic carbocycles. The minimum atomic E-state index is -0.958. The minimum Gasteiger partial charge on any atom is -0.386 e. The minimum absolute atomic E-state index is 0.687. The topological polar surface area (TPSA) is 43.7 Å². The van der Waals surface area contributed by atoms with E-state index in [9.17, 15) is 10.2 Å². The van der Waals surface area contributed by atoms with E-state index in [1.807, 2.05) is 31.2 Å². The quantitative estimate of drug-likeness (QED) is 0.892. The van der Waals surface area contributed by atoms with Crippen LogP contribution in [0.4, 0.5) is 0 Å². The van der Waals surface area contributed by atoms with E-state index in [1.54, 1.807) is 13.8 Å². The van der Waals surface area contributed by atoms with Gasteiger partial charge in [-0.3, -0.25) is 4.90 Å². The maximum Gasteiger partial charge on any atom is 0.0924 e. The van der Waals surface area contributed by atoms with Gasteiger partial charge in [0.15, 0.2) is 0 Å². The zero-order valence-corrected chi connectivity index (χ0v) is 15.5. The van der Waals surface area contributed by atoms with Crippen molar-refractivity contribution < 1.29 is 10.2 Å². The first-order valence-corrected chi connectivity index (χ1v) is 9.11. The van der Waals surface area contributed by atoms with Gasteiger partial charge in [0, 0.05) is 19.6 Å². The normalized spacial score (nSPS) is 18.3. The van der Waals surface area contributed by atoms with E-state index in [0.29, 0.717) is 12.8 Å². The predicted octanol–water partition coefficient (Wildman–Crippen LogP) is 3.71. The number of aliphatic hydroxyl groups is 2. The molecule has 0 spiro atoms. The molecule has 25 heavy (non-hydrogen) atoms. The van der Waals surface area contributed by atoms with E-state index < -0.39 is 11.2 Å². The monoisotopic (exact) mass is 339 g/mol. The van der Waals surface area contributed by atoms with Crippen LogP contribution in [0.25, 0.3) is 0 Å². The van der Waals surface area contributed by atoms with Crippen molar-refractivity contribution in [3.63, 3.8) is 0 Å². The fourth-order valence-electron chi connectivity index (χ4n) is 3.77. The standard InChI is InChI=1S/C22H29NO2/c1-17-9-10-19(21(2,3)24)20(15-17)22(25)11-13-23(14-12-22)16-18-7-5-4-6-8-18/h4-10,15,24-25H,11-14,16H2,1-3H3. The molecule has 1 heterocycles. The highest BCUT2D eigenvalue weighted by molar-refractivity contribution is 5.39. The fourth-order valence-corrected chi connectivity index (χ4v) is 3.77. The Morgan fingerprint density at radius 1 is 1.04 bits per heavy atom. The number of piperidine rings is 1. The highest BCUT2D eigenvalue weighted by atomic mass is 16.3. The van der Waals surface area contributed by atoms with E-state index in [0.717, 1.165) is 36.3 Å². The second kappa shape index (κ2) is 6.91. The molecule has 1 fully saturated rings. The largest absolute Gasteiger partial charge is 0.386 e. The molecule has 0 radical (unpaired) electrons. The van der Waals surface area contributed by atoms with Crippen molar-refractivity contribution in [2.24, 2.45) is 0 Å². The van der Waals surface area contributed by atoms with E-state index in [2.05, 4.69) is 29.2 Å². The van der Waals surface area contributed by atoms with Crippen molar-refractivity contribution in [1.82, 2.24) is 4.90 Å². The molecular weight excluding hydrogens is 310 g/mol. The predicted molar refractivity (Wildman–Crippen MR) is 101 cm³/mol. The molecule has 0 bridgehead atoms. The van der Waals surface area contributed by atoms with E-state index in [-0.39, 0.29) is 0 Å². The number of benzene rings is 2. The van der Waals surface area contributed by atoms with Gasteiger partial charge < -0.3 is 10.2 Å². The Labute approximate surface area is 150 Å². The third kappa shape index (κ3) is 4.12. The smallest absolute Gasteiger partial charge is 0.0924 e. The third-order valence-corrected chi connectivity index (χ3v) is 5.27. The number of aryl methyl sites for hydroxylation is 1. The molecule has 2 aromatic carbocycles. The first-order chi connectivity index (χ1) is 11.8. The summed E-state index contributed by atoms with van der Waals surface area (Å²) < 4.78 is 0. The van der Waals surface area contributed by atoms with Crippen LogP contribution in [0, 0.1) is 6.92 Å². The Bertz CT molecular complexity index is 711. The zero-order chi connectivity index (χ0) is 18.1. The van der Waals surface area contributed by atoms with E-state index in [4.69, 9.17) is 0 Å². The summed E-state index contributed by atoms with van der Waals surface area (Å²) in [6, 6.07) is 16.5. The molecule has 1 aliphatic rings. The zero-order valence-electron chi connectivity index (χ0n) is 15.5. The van der Waals surface area contributed by atoms with Crippen molar-refractivity contribution in [3.05, 3.63) is 70.8 Å². The van der Waals surface area contributed by atoms with Crippen molar-refractivity contribution in [1.29, 1.82) is 0 Å². The van der Waals surface area contributed by atoms with Crippen LogP contribution in [0.3, 0.4) is 0 Å². The molecule has 1 aliphatic heterocycles. The highest BCUT2D eigenvalue weighted by Crippen LogP contribution is 2.39. The van der Waals surface area contributed by atoms with Crippen LogP contribution in [0.1, 0.15) is 48.9 Å². The van der Waals surface area contributed by atoms with Gasteiger partial charge >= 0.3 is 0 Å². The Morgan fingerprint density at radius 3 is 2.28 bits per heavy atom. The number of likely N-dealkylation sites (tertiary alicyclic amines) is 1. The van der Waals surface area contributed by atoms with Crippen LogP contribution >= 0.6 is 0 Å². The lowest BCUT2D eigenvalue weighted by Gasteiger charge is -2.41. The summed E-state index contributed by atoms with van der Waals surface area (Å²) in [4.78, 5) is 2.39. The van der Waals surface area contributed by atoms with Crippen molar-refractivity contribution in [3.8, 4) is 0 Å². The average molecular weight is 339 g/mol. The van der Waals surface area contributed by atoms with Crippen LogP contribution < -0.4 is 0 Å². The molecule has 2 aromatic rings.